The van der Waals surface area contributed by atoms with Crippen LogP contribution in [0, 0.1) is 0 Å². The molecule has 0 spiro atoms. The number of carboxylic acid groups (broad SMARTS) is 1. The van der Waals surface area contributed by atoms with E-state index >= 15 is 0 Å². The fraction of sp³-hybridized carbons (Fsp3) is 0.467. The first-order valence-electron chi connectivity index (χ1n) is 14.5. The Balaban J connectivity index is 1.31. The number of carboxylic acids is 1. The lowest BCUT2D eigenvalue weighted by Crippen LogP contribution is -2.60. The average molecular weight is 666 g/mol. The van der Waals surface area contributed by atoms with E-state index in [1.165, 1.54) is 42.5 Å². The highest BCUT2D eigenvalue weighted by atomic mass is 16.7. The van der Waals surface area contributed by atoms with E-state index in [0.717, 1.165) is 11.0 Å². The number of ether oxygens (including phenoxy) is 4. The molecule has 0 radical (unpaired) electrons. The minimum Gasteiger partial charge on any atom is -0.504 e. The number of rotatable bonds is 9. The Morgan fingerprint density at radius 2 is 1.36 bits per heavy atom. The number of phenols is 1. The fourth-order valence-electron chi connectivity index (χ4n) is 5.51. The van der Waals surface area contributed by atoms with Gasteiger partial charge in [0.15, 0.2) is 11.5 Å². The SMILES string of the molecule is O=C(O)[C@H]1Cc2cc(O)c(O[C@H]3O[C@H](CO)[C@@H](O)[C@H](O)[C@H]3O)cc2N1C(=O)C=Cc1ccc(O[C@H]2O[C@H](CO)[C@@H](O)[C@H](O)[C@H]2O)cc1. The van der Waals surface area contributed by atoms with Crippen molar-refractivity contribution in [1.82, 2.24) is 0 Å². The number of amides is 1. The highest BCUT2D eigenvalue weighted by molar-refractivity contribution is 6.09. The third-order valence-electron chi connectivity index (χ3n) is 8.16. The number of fused-ring (bicyclic) bond motifs is 1. The van der Waals surface area contributed by atoms with Crippen LogP contribution in [-0.4, -0.2) is 144 Å². The van der Waals surface area contributed by atoms with Crippen molar-refractivity contribution in [2.24, 2.45) is 0 Å². The van der Waals surface area contributed by atoms with E-state index in [1.54, 1.807) is 0 Å². The van der Waals surface area contributed by atoms with Gasteiger partial charge < -0.3 is 70.0 Å². The van der Waals surface area contributed by atoms with Gasteiger partial charge in [-0.15, -0.1) is 0 Å². The lowest BCUT2D eigenvalue weighted by Gasteiger charge is -2.39. The van der Waals surface area contributed by atoms with Crippen LogP contribution in [0.2, 0.25) is 0 Å². The number of aliphatic carboxylic acids is 1. The predicted molar refractivity (Wildman–Crippen MR) is 155 cm³/mol. The van der Waals surface area contributed by atoms with Crippen molar-refractivity contribution in [3.8, 4) is 17.2 Å². The summed E-state index contributed by atoms with van der Waals surface area (Å²) >= 11 is 0. The fourth-order valence-corrected chi connectivity index (χ4v) is 5.51. The van der Waals surface area contributed by atoms with Gasteiger partial charge in [0.1, 0.15) is 60.6 Å². The Bertz CT molecular complexity index is 1460. The maximum atomic E-state index is 13.4. The summed E-state index contributed by atoms with van der Waals surface area (Å²) in [4.78, 5) is 26.4. The zero-order valence-electron chi connectivity index (χ0n) is 24.5. The van der Waals surface area contributed by atoms with E-state index in [4.69, 9.17) is 18.9 Å². The smallest absolute Gasteiger partial charge is 0.327 e. The van der Waals surface area contributed by atoms with E-state index in [0.29, 0.717) is 11.1 Å². The Hall–Kier alpha value is -3.88. The zero-order valence-corrected chi connectivity index (χ0v) is 24.5. The molecule has 2 fully saturated rings. The summed E-state index contributed by atoms with van der Waals surface area (Å²) < 4.78 is 21.7. The van der Waals surface area contributed by atoms with Crippen molar-refractivity contribution in [2.75, 3.05) is 18.1 Å². The monoisotopic (exact) mass is 665 g/mol. The first kappa shape index (κ1) is 34.5. The first-order valence-corrected chi connectivity index (χ1v) is 14.5. The summed E-state index contributed by atoms with van der Waals surface area (Å²) in [5, 5.41) is 99.6. The maximum Gasteiger partial charge on any atom is 0.327 e. The summed E-state index contributed by atoms with van der Waals surface area (Å²) in [5.74, 6) is -2.71. The van der Waals surface area contributed by atoms with Crippen molar-refractivity contribution < 1.29 is 79.6 Å². The minimum absolute atomic E-state index is 0.0766. The van der Waals surface area contributed by atoms with Crippen molar-refractivity contribution in [1.29, 1.82) is 0 Å². The second-order valence-corrected chi connectivity index (χ2v) is 11.2. The van der Waals surface area contributed by atoms with Gasteiger partial charge in [-0.25, -0.2) is 4.79 Å². The molecule has 3 aliphatic rings. The molecule has 256 valence electrons. The molecule has 47 heavy (non-hydrogen) atoms. The van der Waals surface area contributed by atoms with Crippen LogP contribution in [0.1, 0.15) is 11.1 Å². The number of hydrogen-bond donors (Lipinski definition) is 10. The molecule has 11 atom stereocenters. The molecule has 0 unspecified atom stereocenters. The summed E-state index contributed by atoms with van der Waals surface area (Å²) in [5.41, 5.74) is 0.850. The van der Waals surface area contributed by atoms with Crippen LogP contribution in [0.4, 0.5) is 5.69 Å². The second kappa shape index (κ2) is 14.1. The van der Waals surface area contributed by atoms with Crippen LogP contribution in [0.5, 0.6) is 17.2 Å². The van der Waals surface area contributed by atoms with Gasteiger partial charge in [-0.2, -0.15) is 0 Å². The molecule has 2 saturated heterocycles. The lowest BCUT2D eigenvalue weighted by atomic mass is 9.99. The van der Waals surface area contributed by atoms with E-state index in [9.17, 15) is 60.7 Å². The molecule has 0 bridgehead atoms. The number of aromatic hydroxyl groups is 1. The molecule has 2 aromatic rings. The Kier molecular flexibility index (Phi) is 10.3. The van der Waals surface area contributed by atoms with E-state index in [2.05, 4.69) is 0 Å². The number of carbonyl (C=O) groups excluding carboxylic acids is 1. The minimum atomic E-state index is -1.79. The van der Waals surface area contributed by atoms with Gasteiger partial charge in [-0.1, -0.05) is 12.1 Å². The summed E-state index contributed by atoms with van der Waals surface area (Å²) in [6, 6.07) is 6.99. The van der Waals surface area contributed by atoms with Crippen LogP contribution in [0.15, 0.2) is 42.5 Å². The molecular formula is C30H35NO16. The van der Waals surface area contributed by atoms with Gasteiger partial charge in [-0.3, -0.25) is 9.69 Å². The van der Waals surface area contributed by atoms with Crippen LogP contribution in [0.3, 0.4) is 0 Å². The normalized spacial score (nSPS) is 33.9. The molecule has 17 nitrogen and oxygen atoms in total. The van der Waals surface area contributed by atoms with Crippen molar-refractivity contribution in [2.45, 2.75) is 73.9 Å². The van der Waals surface area contributed by atoms with E-state index < -0.39 is 98.3 Å². The number of benzene rings is 2. The number of anilines is 1. The van der Waals surface area contributed by atoms with E-state index in [-0.39, 0.29) is 23.6 Å². The zero-order chi connectivity index (χ0) is 34.2. The molecule has 10 N–H and O–H groups in total. The number of aliphatic hydroxyl groups excluding tert-OH is 8. The maximum absolute atomic E-state index is 13.4. The van der Waals surface area contributed by atoms with Gasteiger partial charge in [0.25, 0.3) is 5.91 Å². The predicted octanol–water partition coefficient (Wildman–Crippen LogP) is -3.19. The van der Waals surface area contributed by atoms with Crippen LogP contribution in [0.25, 0.3) is 6.08 Å². The molecule has 3 aliphatic heterocycles. The number of hydrogen-bond acceptors (Lipinski definition) is 15. The van der Waals surface area contributed by atoms with Gasteiger partial charge >= 0.3 is 5.97 Å². The molecule has 2 aromatic carbocycles. The quantitative estimate of drug-likeness (QED) is 0.118. The lowest BCUT2D eigenvalue weighted by molar-refractivity contribution is -0.277. The average Bonchev–Trinajstić information content (AvgIpc) is 3.43. The molecular weight excluding hydrogens is 630 g/mol. The summed E-state index contributed by atoms with van der Waals surface area (Å²) in [7, 11) is 0. The third-order valence-corrected chi connectivity index (χ3v) is 8.16. The van der Waals surface area contributed by atoms with Crippen LogP contribution in [-0.2, 0) is 25.5 Å². The van der Waals surface area contributed by atoms with Crippen molar-refractivity contribution >= 4 is 23.6 Å². The standard InChI is InChI=1S/C30H35NO16/c32-10-19-22(36)24(38)26(40)29(46-19)44-14-4-1-12(2-5-14)3-6-21(35)31-15-9-18(17(34)8-13(15)7-16(31)28(42)43)45-30-27(41)25(39)23(37)20(11-33)47-30/h1-6,8-9,16,19-20,22-27,29-30,32-34,36-41H,7,10-11H2,(H,42,43)/t16-,19-,20-,22-,23-,24+,25+,26-,27-,29+,30+/m1/s1. The van der Waals surface area contributed by atoms with Gasteiger partial charge in [0.2, 0.25) is 12.6 Å². The van der Waals surface area contributed by atoms with Gasteiger partial charge in [0, 0.05) is 18.6 Å². The van der Waals surface area contributed by atoms with Crippen LogP contribution < -0.4 is 14.4 Å². The summed E-state index contributed by atoms with van der Waals surface area (Å²) in [6.45, 7) is -1.34. The molecule has 0 aliphatic carbocycles. The van der Waals surface area contributed by atoms with E-state index in [1.807, 2.05) is 0 Å². The molecule has 0 saturated carbocycles. The number of phenolic OH excluding ortho intramolecular Hbond substituents is 1. The first-order chi connectivity index (χ1) is 22.3. The Labute approximate surface area is 266 Å². The Morgan fingerprint density at radius 1 is 0.809 bits per heavy atom. The highest BCUT2D eigenvalue weighted by Gasteiger charge is 2.46. The molecule has 5 rings (SSSR count). The second-order valence-electron chi connectivity index (χ2n) is 11.2. The number of aliphatic hydroxyl groups is 8. The topological polar surface area (TPSA) is 277 Å². The van der Waals surface area contributed by atoms with Gasteiger partial charge in [-0.05, 0) is 35.4 Å². The highest BCUT2D eigenvalue weighted by Crippen LogP contribution is 2.42. The molecule has 1 amide bonds. The number of carbonyl (C=O) groups is 2. The Morgan fingerprint density at radius 3 is 1.89 bits per heavy atom. The molecule has 3 heterocycles. The largest absolute Gasteiger partial charge is 0.504 e. The number of nitrogens with zero attached hydrogens (tertiary/aromatic N) is 1. The van der Waals surface area contributed by atoms with Gasteiger partial charge in [0.05, 0.1) is 18.9 Å². The molecule has 0 aromatic heterocycles. The molecule has 17 heteroatoms. The van der Waals surface area contributed by atoms with Crippen LogP contribution >= 0.6 is 0 Å². The summed E-state index contributed by atoms with van der Waals surface area (Å²) in [6.07, 6.45) is -13.1. The third kappa shape index (κ3) is 6.90. The van der Waals surface area contributed by atoms with Crippen molar-refractivity contribution in [3.63, 3.8) is 0 Å². The van der Waals surface area contributed by atoms with Crippen molar-refractivity contribution in [3.05, 3.63) is 53.6 Å².